The number of hydrogen-bond donors (Lipinski definition) is 2. The van der Waals surface area contributed by atoms with E-state index in [1.165, 1.54) is 16.7 Å². The monoisotopic (exact) mass is 491 g/mol. The highest BCUT2D eigenvalue weighted by Gasteiger charge is 2.40. The number of carbonyl (C=O) groups is 5. The summed E-state index contributed by atoms with van der Waals surface area (Å²) < 4.78 is 0. The van der Waals surface area contributed by atoms with Crippen LogP contribution in [0.4, 0.5) is 0 Å². The number of benzene rings is 2. The first-order valence-electron chi connectivity index (χ1n) is 11.6. The van der Waals surface area contributed by atoms with E-state index in [0.29, 0.717) is 16.8 Å². The van der Waals surface area contributed by atoms with Gasteiger partial charge in [-0.05, 0) is 17.0 Å². The largest absolute Gasteiger partial charge is 0.475 e. The average molecular weight is 492 g/mol. The number of carbonyl (C=O) groups excluding carboxylic acids is 4. The molecule has 2 aromatic carbocycles. The number of rotatable bonds is 9. The van der Waals surface area contributed by atoms with Crippen molar-refractivity contribution in [3.8, 4) is 0 Å². The maximum Gasteiger partial charge on any atom is 0.374 e. The lowest BCUT2D eigenvalue weighted by Crippen LogP contribution is -2.56. The van der Waals surface area contributed by atoms with Crippen LogP contribution in [-0.2, 0) is 30.4 Å². The Morgan fingerprint density at radius 3 is 2.08 bits per heavy atom. The number of carboxylic acid groups (broad SMARTS) is 1. The molecule has 2 atom stereocenters. The summed E-state index contributed by atoms with van der Waals surface area (Å²) in [5.41, 5.74) is 1.65. The molecule has 0 aliphatic carbocycles. The summed E-state index contributed by atoms with van der Waals surface area (Å²) in [6.07, 6.45) is 1.54. The molecular formula is C27H29N3O6. The zero-order chi connectivity index (χ0) is 26.4. The molecule has 2 aromatic rings. The Morgan fingerprint density at radius 1 is 0.972 bits per heavy atom. The molecule has 1 aliphatic rings. The fraction of sp³-hybridized carbons (Fsp3) is 0.296. The van der Waals surface area contributed by atoms with E-state index in [0.717, 1.165) is 0 Å². The predicted molar refractivity (Wildman–Crippen MR) is 132 cm³/mol. The minimum atomic E-state index is -1.66. The normalized spacial score (nSPS) is 16.4. The number of amides is 3. The first-order chi connectivity index (χ1) is 17.1. The van der Waals surface area contributed by atoms with Crippen LogP contribution in [0.15, 0.2) is 66.9 Å². The summed E-state index contributed by atoms with van der Waals surface area (Å²) >= 11 is 0. The van der Waals surface area contributed by atoms with Gasteiger partial charge in [-0.25, -0.2) is 4.79 Å². The molecular weight excluding hydrogens is 462 g/mol. The molecule has 0 fully saturated rings. The first-order valence-corrected chi connectivity index (χ1v) is 11.6. The molecule has 1 unspecified atom stereocenters. The van der Waals surface area contributed by atoms with E-state index in [2.05, 4.69) is 5.32 Å². The lowest BCUT2D eigenvalue weighted by molar-refractivity contribution is -0.150. The smallest absolute Gasteiger partial charge is 0.374 e. The SMILES string of the molecule is CC(=O)N1C=C(c2ccccc2)N(CC(=O)N[C@@H](Cc2ccccc2)C(=O)C(=O)O)C(=O)C1C(C)C. The van der Waals surface area contributed by atoms with Crippen molar-refractivity contribution in [1.29, 1.82) is 0 Å². The number of Topliss-reactive ketones (excluding diaryl/α,β-unsaturated/α-hetero) is 1. The molecule has 0 aromatic heterocycles. The van der Waals surface area contributed by atoms with Crippen LogP contribution in [0.25, 0.3) is 5.70 Å². The Hall–Kier alpha value is -4.27. The van der Waals surface area contributed by atoms with Crippen LogP contribution in [0.5, 0.6) is 0 Å². The van der Waals surface area contributed by atoms with Crippen molar-refractivity contribution >= 4 is 35.2 Å². The molecule has 0 radical (unpaired) electrons. The number of carboxylic acids is 1. The van der Waals surface area contributed by atoms with Gasteiger partial charge < -0.3 is 15.3 Å². The molecule has 9 nitrogen and oxygen atoms in total. The fourth-order valence-electron chi connectivity index (χ4n) is 4.17. The average Bonchev–Trinajstić information content (AvgIpc) is 2.84. The van der Waals surface area contributed by atoms with Gasteiger partial charge in [0.05, 0.1) is 5.70 Å². The third-order valence-corrected chi connectivity index (χ3v) is 5.88. The van der Waals surface area contributed by atoms with Crippen LogP contribution in [0.1, 0.15) is 31.9 Å². The van der Waals surface area contributed by atoms with Crippen LogP contribution in [0.2, 0.25) is 0 Å². The van der Waals surface area contributed by atoms with Gasteiger partial charge in [0.25, 0.3) is 11.7 Å². The summed E-state index contributed by atoms with van der Waals surface area (Å²) in [4.78, 5) is 65.4. The van der Waals surface area contributed by atoms with Gasteiger partial charge in [0.2, 0.25) is 11.8 Å². The van der Waals surface area contributed by atoms with Gasteiger partial charge in [0.15, 0.2) is 0 Å². The van der Waals surface area contributed by atoms with Gasteiger partial charge in [0.1, 0.15) is 18.6 Å². The van der Waals surface area contributed by atoms with Crippen molar-refractivity contribution in [2.75, 3.05) is 6.54 Å². The Kier molecular flexibility index (Phi) is 8.37. The molecule has 0 spiro atoms. The molecule has 0 saturated carbocycles. The zero-order valence-electron chi connectivity index (χ0n) is 20.4. The first kappa shape index (κ1) is 26.3. The summed E-state index contributed by atoms with van der Waals surface area (Å²) in [6.45, 7) is 4.53. The second-order valence-corrected chi connectivity index (χ2v) is 8.90. The van der Waals surface area contributed by atoms with Crippen molar-refractivity contribution in [3.63, 3.8) is 0 Å². The van der Waals surface area contributed by atoms with Crippen molar-refractivity contribution in [2.24, 2.45) is 5.92 Å². The molecule has 0 bridgehead atoms. The molecule has 0 saturated heterocycles. The van der Waals surface area contributed by atoms with E-state index < -0.39 is 42.2 Å². The van der Waals surface area contributed by atoms with Crippen molar-refractivity contribution in [3.05, 3.63) is 78.0 Å². The van der Waals surface area contributed by atoms with Crippen LogP contribution >= 0.6 is 0 Å². The van der Waals surface area contributed by atoms with Crippen molar-refractivity contribution < 1.29 is 29.1 Å². The van der Waals surface area contributed by atoms with Gasteiger partial charge in [-0.15, -0.1) is 0 Å². The van der Waals surface area contributed by atoms with Gasteiger partial charge in [0, 0.05) is 19.5 Å². The summed E-state index contributed by atoms with van der Waals surface area (Å²) in [6, 6.07) is 15.5. The predicted octanol–water partition coefficient (Wildman–Crippen LogP) is 2.08. The number of hydrogen-bond acceptors (Lipinski definition) is 5. The van der Waals surface area contributed by atoms with Crippen molar-refractivity contribution in [2.45, 2.75) is 39.3 Å². The van der Waals surface area contributed by atoms with Crippen LogP contribution < -0.4 is 5.32 Å². The highest BCUT2D eigenvalue weighted by molar-refractivity contribution is 6.35. The zero-order valence-corrected chi connectivity index (χ0v) is 20.4. The lowest BCUT2D eigenvalue weighted by atomic mass is 9.97. The Morgan fingerprint density at radius 2 is 1.56 bits per heavy atom. The molecule has 188 valence electrons. The van der Waals surface area contributed by atoms with E-state index in [1.54, 1.807) is 80.7 Å². The highest BCUT2D eigenvalue weighted by atomic mass is 16.4. The van der Waals surface area contributed by atoms with E-state index in [4.69, 9.17) is 0 Å². The molecule has 9 heteroatoms. The van der Waals surface area contributed by atoms with Gasteiger partial charge in [-0.3, -0.25) is 24.1 Å². The number of aliphatic carboxylic acids is 1. The molecule has 1 heterocycles. The van der Waals surface area contributed by atoms with E-state index in [9.17, 15) is 29.1 Å². The third kappa shape index (κ3) is 6.04. The van der Waals surface area contributed by atoms with Crippen LogP contribution in [0, 0.1) is 5.92 Å². The van der Waals surface area contributed by atoms with Crippen molar-refractivity contribution in [1.82, 2.24) is 15.1 Å². The molecule has 2 N–H and O–H groups in total. The highest BCUT2D eigenvalue weighted by Crippen LogP contribution is 2.29. The standard InChI is InChI=1S/C27H29N3O6/c1-17(2)24-26(34)30(22(15-29(24)18(3)31)20-12-8-5-9-13-20)16-23(32)28-21(25(33)27(35)36)14-19-10-6-4-7-11-19/h4-13,15,17,21,24H,14,16H2,1-3H3,(H,28,32)(H,35,36)/t21-,24?/m0/s1. The number of nitrogens with zero attached hydrogens (tertiary/aromatic N) is 2. The summed E-state index contributed by atoms with van der Waals surface area (Å²) in [5, 5.41) is 11.8. The minimum absolute atomic E-state index is 0.0141. The van der Waals surface area contributed by atoms with Crippen LogP contribution in [-0.4, -0.2) is 63.0 Å². The lowest BCUT2D eigenvalue weighted by Gasteiger charge is -2.40. The van der Waals surface area contributed by atoms with E-state index >= 15 is 0 Å². The van der Waals surface area contributed by atoms with Gasteiger partial charge in [-0.1, -0.05) is 74.5 Å². The number of ketones is 1. The maximum absolute atomic E-state index is 13.6. The topological polar surface area (TPSA) is 124 Å². The fourth-order valence-corrected chi connectivity index (χ4v) is 4.17. The number of nitrogens with one attached hydrogen (secondary N) is 1. The Bertz CT molecular complexity index is 1180. The second-order valence-electron chi connectivity index (χ2n) is 8.90. The van der Waals surface area contributed by atoms with Crippen LogP contribution in [0.3, 0.4) is 0 Å². The van der Waals surface area contributed by atoms with Gasteiger partial charge in [-0.2, -0.15) is 0 Å². The van der Waals surface area contributed by atoms with Gasteiger partial charge >= 0.3 is 5.97 Å². The second kappa shape index (κ2) is 11.4. The molecule has 3 amide bonds. The molecule has 3 rings (SSSR count). The Balaban J connectivity index is 1.92. The molecule has 36 heavy (non-hydrogen) atoms. The molecule has 1 aliphatic heterocycles. The van der Waals surface area contributed by atoms with E-state index in [1.807, 2.05) is 0 Å². The summed E-state index contributed by atoms with van der Waals surface area (Å²) in [7, 11) is 0. The quantitative estimate of drug-likeness (QED) is 0.518. The minimum Gasteiger partial charge on any atom is -0.475 e. The third-order valence-electron chi connectivity index (χ3n) is 5.88. The van der Waals surface area contributed by atoms with E-state index in [-0.39, 0.29) is 18.2 Å². The Labute approximate surface area is 209 Å². The maximum atomic E-state index is 13.6. The summed E-state index contributed by atoms with van der Waals surface area (Å²) in [5.74, 6) is -4.50.